The van der Waals surface area contributed by atoms with Crippen LogP contribution in [0.3, 0.4) is 0 Å². The van der Waals surface area contributed by atoms with Crippen LogP contribution in [0.15, 0.2) is 71.2 Å². The third-order valence-corrected chi connectivity index (χ3v) is 6.61. The topological polar surface area (TPSA) is 78.7 Å². The van der Waals surface area contributed by atoms with Crippen LogP contribution in [0.5, 0.6) is 17.5 Å². The van der Waals surface area contributed by atoms with E-state index in [9.17, 15) is 4.79 Å². The fraction of sp³-hybridized carbons (Fsp3) is 0.323. The van der Waals surface area contributed by atoms with Crippen LogP contribution >= 0.6 is 0 Å². The average molecular weight is 525 g/mol. The van der Waals surface area contributed by atoms with Crippen molar-refractivity contribution in [2.45, 2.75) is 32.9 Å². The Balaban J connectivity index is 1.27. The predicted molar refractivity (Wildman–Crippen MR) is 150 cm³/mol. The van der Waals surface area contributed by atoms with Gasteiger partial charge in [0.2, 0.25) is 5.88 Å². The zero-order valence-corrected chi connectivity index (χ0v) is 22.5. The number of aromatic nitrogens is 3. The Labute approximate surface area is 228 Å². The Bertz CT molecular complexity index is 1530. The third kappa shape index (κ3) is 6.21. The summed E-state index contributed by atoms with van der Waals surface area (Å²) in [6.45, 7) is 6.68. The summed E-state index contributed by atoms with van der Waals surface area (Å²) in [6, 6.07) is 11.6. The van der Waals surface area contributed by atoms with E-state index in [1.54, 1.807) is 22.9 Å². The van der Waals surface area contributed by atoms with Crippen LogP contribution in [0.1, 0.15) is 25.0 Å². The summed E-state index contributed by atoms with van der Waals surface area (Å²) >= 11 is 0. The second-order valence-electron chi connectivity index (χ2n) is 9.54. The molecule has 0 N–H and O–H groups in total. The monoisotopic (exact) mass is 524 g/mol. The molecule has 1 atom stereocenters. The lowest BCUT2D eigenvalue weighted by Crippen LogP contribution is -2.35. The number of fused-ring (bicyclic) bond motifs is 4. The van der Waals surface area contributed by atoms with Gasteiger partial charge in [0.15, 0.2) is 11.9 Å². The molecule has 3 aromatic rings. The quantitative estimate of drug-likeness (QED) is 0.343. The van der Waals surface area contributed by atoms with Gasteiger partial charge in [-0.15, -0.1) is 0 Å². The minimum absolute atomic E-state index is 0.199. The minimum Gasteiger partial charge on any atom is -0.478 e. The first-order chi connectivity index (χ1) is 19.0. The fourth-order valence-corrected chi connectivity index (χ4v) is 4.68. The van der Waals surface area contributed by atoms with Gasteiger partial charge in [0.25, 0.3) is 5.88 Å². The Hall–Kier alpha value is -4.35. The van der Waals surface area contributed by atoms with Crippen LogP contribution in [-0.2, 0) is 13.0 Å². The van der Waals surface area contributed by atoms with Gasteiger partial charge in [-0.3, -0.25) is 9.47 Å². The molecule has 5 rings (SSSR count). The highest BCUT2D eigenvalue weighted by atomic mass is 16.6. The lowest BCUT2D eigenvalue weighted by atomic mass is 9.95. The van der Waals surface area contributed by atoms with E-state index in [1.165, 1.54) is 5.57 Å². The lowest BCUT2D eigenvalue weighted by Gasteiger charge is -2.25. The Morgan fingerprint density at radius 1 is 1.28 bits per heavy atom. The molecule has 1 unspecified atom stereocenters. The first kappa shape index (κ1) is 26.3. The molecule has 0 saturated heterocycles. The number of allylic oxidation sites excluding steroid dienone is 2. The highest BCUT2D eigenvalue weighted by Gasteiger charge is 2.24. The standard InChI is InChI=1S/C31H32N4O4/c1-4-8-22(5-2)19-34(3)15-7-9-23-11-12-26-24(17-23)13-16-35-27(26)18-29(33-31(35)36)37-20-25-21-38-30-28(39-25)10-6-14-32-30/h4-6,8,10-12,14,17-18,25H,13,15-16,19-21H2,1-3H3/b8-4-,22-5+. The zero-order chi connectivity index (χ0) is 27.2. The number of rotatable bonds is 7. The summed E-state index contributed by atoms with van der Waals surface area (Å²) in [5.74, 6) is 7.89. The number of benzene rings is 1. The molecular formula is C31H32N4O4. The fourth-order valence-electron chi connectivity index (χ4n) is 4.68. The SMILES string of the molecule is C/C=C\C(=C/C)CN(C)CC#Cc1ccc2c(c1)CCn1c-2cc(OCC2COc3ncccc3O2)nc1=O. The summed E-state index contributed by atoms with van der Waals surface area (Å²) in [7, 11) is 2.07. The second kappa shape index (κ2) is 12.0. The molecule has 0 fully saturated rings. The molecule has 2 aliphatic heterocycles. The maximum Gasteiger partial charge on any atom is 0.351 e. The molecule has 4 heterocycles. The van der Waals surface area contributed by atoms with Crippen molar-refractivity contribution in [1.29, 1.82) is 0 Å². The molecule has 0 bridgehead atoms. The zero-order valence-electron chi connectivity index (χ0n) is 22.5. The van der Waals surface area contributed by atoms with Gasteiger partial charge in [0.05, 0.1) is 12.2 Å². The van der Waals surface area contributed by atoms with E-state index in [2.05, 4.69) is 65.0 Å². The highest BCUT2D eigenvalue weighted by molar-refractivity contribution is 5.68. The Kier molecular flexibility index (Phi) is 8.09. The first-order valence-corrected chi connectivity index (χ1v) is 13.1. The number of ether oxygens (including phenoxy) is 3. The van der Waals surface area contributed by atoms with Gasteiger partial charge in [-0.25, -0.2) is 9.78 Å². The molecule has 0 spiro atoms. The van der Waals surface area contributed by atoms with Gasteiger partial charge in [-0.2, -0.15) is 4.98 Å². The van der Waals surface area contributed by atoms with Crippen molar-refractivity contribution < 1.29 is 14.2 Å². The van der Waals surface area contributed by atoms with Crippen molar-refractivity contribution in [3.8, 4) is 40.6 Å². The normalized spacial score (nSPS) is 15.9. The molecule has 1 aromatic carbocycles. The van der Waals surface area contributed by atoms with Crippen LogP contribution in [0, 0.1) is 11.8 Å². The van der Waals surface area contributed by atoms with Gasteiger partial charge in [-0.1, -0.05) is 36.1 Å². The molecule has 2 aliphatic rings. The molecule has 2 aromatic heterocycles. The molecule has 8 nitrogen and oxygen atoms in total. The van der Waals surface area contributed by atoms with E-state index in [1.807, 2.05) is 25.1 Å². The van der Waals surface area contributed by atoms with Crippen molar-refractivity contribution in [1.82, 2.24) is 19.4 Å². The predicted octanol–water partition coefficient (Wildman–Crippen LogP) is 3.89. The summed E-state index contributed by atoms with van der Waals surface area (Å²) < 4.78 is 19.1. The molecule has 8 heteroatoms. The van der Waals surface area contributed by atoms with Gasteiger partial charge in [-0.05, 0) is 62.7 Å². The summed E-state index contributed by atoms with van der Waals surface area (Å²) in [5.41, 5.74) is 4.85. The van der Waals surface area contributed by atoms with Crippen LogP contribution in [0.25, 0.3) is 11.3 Å². The molecular weight excluding hydrogens is 492 g/mol. The number of hydrogen-bond donors (Lipinski definition) is 0. The Morgan fingerprint density at radius 3 is 3.03 bits per heavy atom. The number of nitrogens with zero attached hydrogens (tertiary/aromatic N) is 4. The highest BCUT2D eigenvalue weighted by Crippen LogP contribution is 2.31. The third-order valence-electron chi connectivity index (χ3n) is 6.61. The van der Waals surface area contributed by atoms with E-state index in [0.29, 0.717) is 31.3 Å². The van der Waals surface area contributed by atoms with Gasteiger partial charge in [0.1, 0.15) is 13.2 Å². The molecule has 200 valence electrons. The maximum absolute atomic E-state index is 12.8. The van der Waals surface area contributed by atoms with Gasteiger partial charge >= 0.3 is 5.69 Å². The molecule has 0 radical (unpaired) electrons. The average Bonchev–Trinajstić information content (AvgIpc) is 2.95. The van der Waals surface area contributed by atoms with Crippen LogP contribution < -0.4 is 19.9 Å². The van der Waals surface area contributed by atoms with Crippen molar-refractivity contribution >= 4 is 0 Å². The van der Waals surface area contributed by atoms with E-state index in [-0.39, 0.29) is 24.3 Å². The van der Waals surface area contributed by atoms with E-state index < -0.39 is 0 Å². The van der Waals surface area contributed by atoms with Crippen molar-refractivity contribution in [2.24, 2.45) is 0 Å². The first-order valence-electron chi connectivity index (χ1n) is 13.1. The molecule has 39 heavy (non-hydrogen) atoms. The summed E-state index contributed by atoms with van der Waals surface area (Å²) in [4.78, 5) is 23.3. The van der Waals surface area contributed by atoms with Crippen molar-refractivity contribution in [3.05, 3.63) is 88.0 Å². The van der Waals surface area contributed by atoms with E-state index >= 15 is 0 Å². The smallest absolute Gasteiger partial charge is 0.351 e. The van der Waals surface area contributed by atoms with Crippen molar-refractivity contribution in [2.75, 3.05) is 33.4 Å². The maximum atomic E-state index is 12.8. The van der Waals surface area contributed by atoms with Crippen LogP contribution in [-0.4, -0.2) is 58.9 Å². The van der Waals surface area contributed by atoms with Crippen LogP contribution in [0.2, 0.25) is 0 Å². The number of likely N-dealkylation sites (N-methyl/N-ethyl adjacent to an activating group) is 1. The lowest BCUT2D eigenvalue weighted by molar-refractivity contribution is 0.0486. The molecule has 0 saturated carbocycles. The number of aryl methyl sites for hydroxylation is 1. The van der Waals surface area contributed by atoms with Gasteiger partial charge < -0.3 is 14.2 Å². The molecule has 0 amide bonds. The minimum atomic E-state index is -0.331. The van der Waals surface area contributed by atoms with Crippen molar-refractivity contribution in [3.63, 3.8) is 0 Å². The molecule has 0 aliphatic carbocycles. The number of hydrogen-bond acceptors (Lipinski definition) is 7. The van der Waals surface area contributed by atoms with E-state index in [0.717, 1.165) is 35.3 Å². The second-order valence-corrected chi connectivity index (χ2v) is 9.54. The van der Waals surface area contributed by atoms with Crippen LogP contribution in [0.4, 0.5) is 0 Å². The number of pyridine rings is 1. The summed E-state index contributed by atoms with van der Waals surface area (Å²) in [6.07, 6.45) is 8.37. The summed E-state index contributed by atoms with van der Waals surface area (Å²) in [5, 5.41) is 0. The van der Waals surface area contributed by atoms with Gasteiger partial charge in [0, 0.05) is 36.5 Å². The Morgan fingerprint density at radius 2 is 2.18 bits per heavy atom. The van der Waals surface area contributed by atoms with E-state index in [4.69, 9.17) is 14.2 Å². The largest absolute Gasteiger partial charge is 0.478 e.